The van der Waals surface area contributed by atoms with Crippen LogP contribution in [0.25, 0.3) is 0 Å². The van der Waals surface area contributed by atoms with Gasteiger partial charge in [0.05, 0.1) is 0 Å². The highest BCUT2D eigenvalue weighted by molar-refractivity contribution is 7.86. The van der Waals surface area contributed by atoms with Crippen LogP contribution in [-0.2, 0) is 10.2 Å². The first-order chi connectivity index (χ1) is 15.3. The molecule has 0 aliphatic carbocycles. The molecule has 32 heavy (non-hydrogen) atoms. The molecule has 9 heteroatoms. The van der Waals surface area contributed by atoms with Gasteiger partial charge in [-0.05, 0) is 66.5 Å². The molecule has 3 rings (SSSR count). The van der Waals surface area contributed by atoms with Gasteiger partial charge in [-0.25, -0.2) is 0 Å². The standard InChI is InChI=1S/C14H31N3.C9H19N3O2S/c1-13(2)17(14(3)4)10-6-5-9-16-11-7-15-8-12-16;13-15(14,11-6-2-1-3-7-11)12-8-4-10-5-9-12/h13-15H,5-12H2,1-4H3;10H,1-9H2. The van der Waals surface area contributed by atoms with Gasteiger partial charge in [-0.2, -0.15) is 17.0 Å². The van der Waals surface area contributed by atoms with Crippen LogP contribution in [0.4, 0.5) is 0 Å². The Labute approximate surface area is 198 Å². The maximum atomic E-state index is 12.2. The normalized spacial score (nSPS) is 22.3. The van der Waals surface area contributed by atoms with Crippen LogP contribution in [0.5, 0.6) is 0 Å². The number of hydrogen-bond acceptors (Lipinski definition) is 6. The average Bonchev–Trinajstić information content (AvgIpc) is 2.81. The van der Waals surface area contributed by atoms with Crippen molar-refractivity contribution in [2.45, 2.75) is 71.9 Å². The summed E-state index contributed by atoms with van der Waals surface area (Å²) in [5.74, 6) is 0. The first-order valence-corrected chi connectivity index (χ1v) is 14.4. The van der Waals surface area contributed by atoms with Crippen molar-refractivity contribution in [1.82, 2.24) is 29.0 Å². The van der Waals surface area contributed by atoms with Crippen LogP contribution in [0, 0.1) is 0 Å². The highest BCUT2D eigenvalue weighted by atomic mass is 32.2. The summed E-state index contributed by atoms with van der Waals surface area (Å²) >= 11 is 0. The van der Waals surface area contributed by atoms with E-state index < -0.39 is 10.2 Å². The molecule has 0 unspecified atom stereocenters. The predicted octanol–water partition coefficient (Wildman–Crippen LogP) is 1.41. The van der Waals surface area contributed by atoms with Gasteiger partial charge in [0.25, 0.3) is 10.2 Å². The fourth-order valence-corrected chi connectivity index (χ4v) is 6.50. The third kappa shape index (κ3) is 9.52. The molecule has 0 aromatic carbocycles. The maximum Gasteiger partial charge on any atom is 0.282 e. The Kier molecular flexibility index (Phi) is 13.0. The number of nitrogens with zero attached hydrogens (tertiary/aromatic N) is 4. The molecule has 3 fully saturated rings. The Hall–Kier alpha value is -0.290. The monoisotopic (exact) mass is 474 g/mol. The van der Waals surface area contributed by atoms with Gasteiger partial charge in [-0.1, -0.05) is 6.42 Å². The highest BCUT2D eigenvalue weighted by Crippen LogP contribution is 2.16. The molecule has 0 bridgehead atoms. The molecule has 0 aromatic rings. The van der Waals surface area contributed by atoms with Crippen molar-refractivity contribution in [1.29, 1.82) is 0 Å². The van der Waals surface area contributed by atoms with Gasteiger partial charge in [-0.3, -0.25) is 4.90 Å². The zero-order chi connectivity index (χ0) is 23.4. The first kappa shape index (κ1) is 28.0. The Bertz CT molecular complexity index is 551. The van der Waals surface area contributed by atoms with Gasteiger partial charge < -0.3 is 15.5 Å². The molecule has 0 radical (unpaired) electrons. The van der Waals surface area contributed by atoms with Gasteiger partial charge in [0.1, 0.15) is 0 Å². The molecule has 3 heterocycles. The lowest BCUT2D eigenvalue weighted by atomic mass is 10.2. The molecular formula is C23H50N6O2S. The smallest absolute Gasteiger partial charge is 0.282 e. The van der Waals surface area contributed by atoms with E-state index in [4.69, 9.17) is 0 Å². The van der Waals surface area contributed by atoms with Crippen molar-refractivity contribution in [3.8, 4) is 0 Å². The van der Waals surface area contributed by atoms with E-state index >= 15 is 0 Å². The summed E-state index contributed by atoms with van der Waals surface area (Å²) in [7, 11) is -3.16. The number of piperazine rings is 2. The second-order valence-electron chi connectivity index (χ2n) is 9.84. The molecule has 0 amide bonds. The summed E-state index contributed by atoms with van der Waals surface area (Å²) in [5, 5.41) is 6.57. The lowest BCUT2D eigenvalue weighted by Crippen LogP contribution is -2.52. The minimum absolute atomic E-state index is 0.610. The molecule has 0 saturated carbocycles. The van der Waals surface area contributed by atoms with E-state index in [1.54, 1.807) is 8.61 Å². The van der Waals surface area contributed by atoms with Crippen LogP contribution < -0.4 is 10.6 Å². The summed E-state index contributed by atoms with van der Waals surface area (Å²) in [4.78, 5) is 5.18. The minimum atomic E-state index is -3.16. The number of rotatable bonds is 9. The summed E-state index contributed by atoms with van der Waals surface area (Å²) in [6.45, 7) is 20.7. The first-order valence-electron chi connectivity index (χ1n) is 13.0. The fourth-order valence-electron chi connectivity index (χ4n) is 4.81. The van der Waals surface area contributed by atoms with E-state index in [0.717, 1.165) is 32.4 Å². The second kappa shape index (κ2) is 14.9. The van der Waals surface area contributed by atoms with E-state index in [9.17, 15) is 8.42 Å². The van der Waals surface area contributed by atoms with Crippen LogP contribution in [0.3, 0.4) is 0 Å². The summed E-state index contributed by atoms with van der Waals surface area (Å²) in [6, 6.07) is 1.35. The Morgan fingerprint density at radius 2 is 1.22 bits per heavy atom. The molecule has 3 saturated heterocycles. The van der Waals surface area contributed by atoms with Gasteiger partial charge in [0, 0.05) is 77.5 Å². The highest BCUT2D eigenvalue weighted by Gasteiger charge is 2.31. The van der Waals surface area contributed by atoms with Crippen molar-refractivity contribution in [3.05, 3.63) is 0 Å². The molecule has 8 nitrogen and oxygen atoms in total. The third-order valence-electron chi connectivity index (χ3n) is 6.72. The molecule has 0 atom stereocenters. The van der Waals surface area contributed by atoms with E-state index in [-0.39, 0.29) is 0 Å². The SMILES string of the molecule is CC(C)N(CCCCN1CCNCC1)C(C)C.O=S(=O)(N1CCCCC1)N1CCNCC1. The molecular weight excluding hydrogens is 424 g/mol. The van der Waals surface area contributed by atoms with Gasteiger partial charge in [0.15, 0.2) is 0 Å². The van der Waals surface area contributed by atoms with E-state index in [1.807, 2.05) is 0 Å². The fraction of sp³-hybridized carbons (Fsp3) is 1.00. The summed E-state index contributed by atoms with van der Waals surface area (Å²) in [6.07, 6.45) is 5.85. The van der Waals surface area contributed by atoms with Gasteiger partial charge in [0.2, 0.25) is 0 Å². The second-order valence-corrected chi connectivity index (χ2v) is 11.8. The molecule has 2 N–H and O–H groups in total. The van der Waals surface area contributed by atoms with Crippen molar-refractivity contribution in [2.24, 2.45) is 0 Å². The lowest BCUT2D eigenvalue weighted by Gasteiger charge is -2.34. The van der Waals surface area contributed by atoms with Crippen molar-refractivity contribution < 1.29 is 8.42 Å². The molecule has 3 aliphatic heterocycles. The van der Waals surface area contributed by atoms with Crippen LogP contribution in [-0.4, -0.2) is 117 Å². The third-order valence-corrected chi connectivity index (χ3v) is 8.76. The topological polar surface area (TPSA) is 71.2 Å². The number of hydrogen-bond donors (Lipinski definition) is 2. The minimum Gasteiger partial charge on any atom is -0.314 e. The summed E-state index contributed by atoms with van der Waals surface area (Å²) in [5.41, 5.74) is 0. The lowest BCUT2D eigenvalue weighted by molar-refractivity contribution is 0.165. The largest absolute Gasteiger partial charge is 0.314 e. The molecule has 3 aliphatic rings. The molecule has 190 valence electrons. The van der Waals surface area contributed by atoms with Crippen molar-refractivity contribution >= 4 is 10.2 Å². The zero-order valence-corrected chi connectivity index (χ0v) is 22.0. The van der Waals surface area contributed by atoms with Crippen LogP contribution in [0.2, 0.25) is 0 Å². The Morgan fingerprint density at radius 3 is 1.75 bits per heavy atom. The van der Waals surface area contributed by atoms with Crippen molar-refractivity contribution in [2.75, 3.05) is 78.5 Å². The summed E-state index contributed by atoms with van der Waals surface area (Å²) < 4.78 is 27.6. The van der Waals surface area contributed by atoms with Crippen LogP contribution >= 0.6 is 0 Å². The van der Waals surface area contributed by atoms with E-state index in [1.165, 1.54) is 52.1 Å². The van der Waals surface area contributed by atoms with E-state index in [0.29, 0.717) is 38.3 Å². The molecule has 0 aromatic heterocycles. The Balaban J connectivity index is 0.000000228. The number of unbranched alkanes of at least 4 members (excludes halogenated alkanes) is 1. The maximum absolute atomic E-state index is 12.2. The van der Waals surface area contributed by atoms with Crippen LogP contribution in [0.1, 0.15) is 59.8 Å². The van der Waals surface area contributed by atoms with E-state index in [2.05, 4.69) is 48.1 Å². The van der Waals surface area contributed by atoms with Gasteiger partial charge >= 0.3 is 0 Å². The zero-order valence-electron chi connectivity index (χ0n) is 21.2. The Morgan fingerprint density at radius 1 is 0.719 bits per heavy atom. The quantitative estimate of drug-likeness (QED) is 0.493. The predicted molar refractivity (Wildman–Crippen MR) is 134 cm³/mol. The van der Waals surface area contributed by atoms with Gasteiger partial charge in [-0.15, -0.1) is 0 Å². The average molecular weight is 475 g/mol. The van der Waals surface area contributed by atoms with Crippen LogP contribution in [0.15, 0.2) is 0 Å². The van der Waals surface area contributed by atoms with Crippen molar-refractivity contribution in [3.63, 3.8) is 0 Å². The molecule has 0 spiro atoms. The number of piperidine rings is 1. The number of nitrogens with one attached hydrogen (secondary N) is 2.